The Labute approximate surface area is 109 Å². The molecule has 1 aromatic rings. The number of halogens is 2. The van der Waals surface area contributed by atoms with Gasteiger partial charge in [0.1, 0.15) is 6.10 Å². The lowest BCUT2D eigenvalue weighted by molar-refractivity contribution is 0.0136. The number of rotatable bonds is 5. The first-order valence-electron chi connectivity index (χ1n) is 5.02. The Hall–Kier alpha value is -0.130. The van der Waals surface area contributed by atoms with Crippen molar-refractivity contribution in [1.82, 2.24) is 5.32 Å². The van der Waals surface area contributed by atoms with Crippen LogP contribution in [0.25, 0.3) is 0 Å². The minimum absolute atomic E-state index is 0.493. The molecular formula is C11H15BrClNO2. The van der Waals surface area contributed by atoms with Crippen molar-refractivity contribution in [2.75, 3.05) is 13.6 Å². The predicted octanol–water partition coefficient (Wildman–Crippen LogP) is 2.11. The van der Waals surface area contributed by atoms with Gasteiger partial charge in [0, 0.05) is 9.50 Å². The summed E-state index contributed by atoms with van der Waals surface area (Å²) < 4.78 is 0.705. The first-order chi connectivity index (χ1) is 7.56. The third-order valence-electron chi connectivity index (χ3n) is 2.34. The van der Waals surface area contributed by atoms with E-state index >= 15 is 0 Å². The van der Waals surface area contributed by atoms with Gasteiger partial charge < -0.3 is 15.5 Å². The van der Waals surface area contributed by atoms with Crippen LogP contribution in [0.3, 0.4) is 0 Å². The molecule has 2 atom stereocenters. The molecule has 0 aliphatic rings. The van der Waals surface area contributed by atoms with E-state index in [1.807, 2.05) is 0 Å². The van der Waals surface area contributed by atoms with E-state index in [2.05, 4.69) is 21.2 Å². The zero-order valence-corrected chi connectivity index (χ0v) is 11.3. The minimum Gasteiger partial charge on any atom is -0.390 e. The van der Waals surface area contributed by atoms with Crippen LogP contribution in [0.15, 0.2) is 22.7 Å². The lowest BCUT2D eigenvalue weighted by Crippen LogP contribution is -2.23. The van der Waals surface area contributed by atoms with Crippen LogP contribution in [0.1, 0.15) is 18.1 Å². The molecule has 0 aliphatic heterocycles. The van der Waals surface area contributed by atoms with Crippen LogP contribution in [-0.2, 0) is 0 Å². The third kappa shape index (κ3) is 3.71. The maximum Gasteiger partial charge on any atom is 0.106 e. The summed E-state index contributed by atoms with van der Waals surface area (Å²) in [6.07, 6.45) is -1.20. The molecule has 0 aromatic heterocycles. The summed E-state index contributed by atoms with van der Waals surface area (Å²) >= 11 is 9.11. The smallest absolute Gasteiger partial charge is 0.106 e. The molecular weight excluding hydrogens is 293 g/mol. The van der Waals surface area contributed by atoms with Crippen LogP contribution in [0.4, 0.5) is 0 Å². The summed E-state index contributed by atoms with van der Waals surface area (Å²) in [7, 11) is 1.80. The van der Waals surface area contributed by atoms with Gasteiger partial charge in [0.25, 0.3) is 0 Å². The molecule has 3 nitrogen and oxygen atoms in total. The molecule has 0 spiro atoms. The maximum atomic E-state index is 9.94. The maximum absolute atomic E-state index is 9.94. The zero-order chi connectivity index (χ0) is 12.1. The fraction of sp³-hybridized carbons (Fsp3) is 0.455. The Balaban J connectivity index is 2.75. The van der Waals surface area contributed by atoms with Crippen molar-refractivity contribution >= 4 is 27.5 Å². The standard InChI is InChI=1S/C11H15BrClNO2/c1-14-5-4-10(15)11(16)8-3-2-7(13)6-9(8)12/h2-3,6,10-11,14-16H,4-5H2,1H3. The Morgan fingerprint density at radius 2 is 2.12 bits per heavy atom. The van der Waals surface area contributed by atoms with Gasteiger partial charge in [-0.25, -0.2) is 0 Å². The second kappa shape index (κ2) is 6.57. The number of benzene rings is 1. The molecule has 0 radical (unpaired) electrons. The molecule has 16 heavy (non-hydrogen) atoms. The van der Waals surface area contributed by atoms with E-state index in [4.69, 9.17) is 11.6 Å². The first-order valence-corrected chi connectivity index (χ1v) is 6.19. The van der Waals surface area contributed by atoms with Gasteiger partial charge in [-0.1, -0.05) is 33.6 Å². The zero-order valence-electron chi connectivity index (χ0n) is 8.95. The normalized spacial score (nSPS) is 14.8. The van der Waals surface area contributed by atoms with Crippen molar-refractivity contribution in [3.63, 3.8) is 0 Å². The molecule has 5 heteroatoms. The number of hydrogen-bond donors (Lipinski definition) is 3. The molecule has 0 saturated carbocycles. The third-order valence-corrected chi connectivity index (χ3v) is 3.26. The molecule has 1 aromatic carbocycles. The quantitative estimate of drug-likeness (QED) is 0.781. The van der Waals surface area contributed by atoms with Crippen LogP contribution in [-0.4, -0.2) is 29.9 Å². The van der Waals surface area contributed by atoms with E-state index in [0.29, 0.717) is 28.0 Å². The Morgan fingerprint density at radius 3 is 2.69 bits per heavy atom. The summed E-state index contributed by atoms with van der Waals surface area (Å²) in [6.45, 7) is 0.656. The summed E-state index contributed by atoms with van der Waals surface area (Å²) in [6, 6.07) is 5.10. The number of aliphatic hydroxyl groups is 2. The van der Waals surface area contributed by atoms with E-state index in [9.17, 15) is 10.2 Å². The fourth-order valence-electron chi connectivity index (χ4n) is 1.40. The largest absolute Gasteiger partial charge is 0.390 e. The van der Waals surface area contributed by atoms with Crippen molar-refractivity contribution in [2.24, 2.45) is 0 Å². The lowest BCUT2D eigenvalue weighted by Gasteiger charge is -2.19. The van der Waals surface area contributed by atoms with E-state index in [1.165, 1.54) is 0 Å². The topological polar surface area (TPSA) is 52.5 Å². The Kier molecular flexibility index (Phi) is 5.72. The SMILES string of the molecule is CNCCC(O)C(O)c1ccc(Cl)cc1Br. The molecule has 3 N–H and O–H groups in total. The molecule has 0 saturated heterocycles. The van der Waals surface area contributed by atoms with Crippen molar-refractivity contribution in [2.45, 2.75) is 18.6 Å². The van der Waals surface area contributed by atoms with Gasteiger partial charge in [-0.3, -0.25) is 0 Å². The summed E-state index contributed by atoms with van der Waals surface area (Å²) in [5.41, 5.74) is 0.646. The molecule has 0 heterocycles. The number of nitrogens with one attached hydrogen (secondary N) is 1. The van der Waals surface area contributed by atoms with Crippen LogP contribution >= 0.6 is 27.5 Å². The van der Waals surface area contributed by atoms with Crippen molar-refractivity contribution < 1.29 is 10.2 Å². The van der Waals surface area contributed by atoms with Gasteiger partial charge in [0.2, 0.25) is 0 Å². The van der Waals surface area contributed by atoms with Crippen molar-refractivity contribution in [1.29, 1.82) is 0 Å². The second-order valence-corrected chi connectivity index (χ2v) is 4.86. The van der Waals surface area contributed by atoms with Crippen molar-refractivity contribution in [3.05, 3.63) is 33.3 Å². The minimum atomic E-state index is -0.903. The van der Waals surface area contributed by atoms with Crippen LogP contribution in [0, 0.1) is 0 Å². The van der Waals surface area contributed by atoms with Gasteiger partial charge in [0.15, 0.2) is 0 Å². The molecule has 0 amide bonds. The average molecular weight is 309 g/mol. The molecule has 0 fully saturated rings. The van der Waals surface area contributed by atoms with Crippen molar-refractivity contribution in [3.8, 4) is 0 Å². The van der Waals surface area contributed by atoms with Crippen LogP contribution in [0.2, 0.25) is 5.02 Å². The summed E-state index contributed by atoms with van der Waals surface area (Å²) in [5, 5.41) is 23.2. The van der Waals surface area contributed by atoms with Gasteiger partial charge in [-0.15, -0.1) is 0 Å². The van der Waals surface area contributed by atoms with E-state index in [1.54, 1.807) is 25.2 Å². The Morgan fingerprint density at radius 1 is 1.44 bits per heavy atom. The number of hydrogen-bond acceptors (Lipinski definition) is 3. The lowest BCUT2D eigenvalue weighted by atomic mass is 10.0. The summed E-state index contributed by atoms with van der Waals surface area (Å²) in [4.78, 5) is 0. The van der Waals surface area contributed by atoms with Crippen LogP contribution in [0.5, 0.6) is 0 Å². The Bertz CT molecular complexity index is 349. The van der Waals surface area contributed by atoms with Gasteiger partial charge in [-0.2, -0.15) is 0 Å². The predicted molar refractivity (Wildman–Crippen MR) is 68.7 cm³/mol. The monoisotopic (exact) mass is 307 g/mol. The van der Waals surface area contributed by atoms with Gasteiger partial charge in [0.05, 0.1) is 6.10 Å². The van der Waals surface area contributed by atoms with E-state index < -0.39 is 12.2 Å². The fourth-order valence-corrected chi connectivity index (χ4v) is 2.32. The van der Waals surface area contributed by atoms with Gasteiger partial charge in [-0.05, 0) is 37.7 Å². The molecule has 0 aliphatic carbocycles. The molecule has 2 unspecified atom stereocenters. The summed E-state index contributed by atoms with van der Waals surface area (Å²) in [5.74, 6) is 0. The molecule has 1 rings (SSSR count). The number of aliphatic hydroxyl groups excluding tert-OH is 2. The highest BCUT2D eigenvalue weighted by Crippen LogP contribution is 2.29. The van der Waals surface area contributed by atoms with E-state index in [0.717, 1.165) is 0 Å². The first kappa shape index (κ1) is 13.9. The molecule has 0 bridgehead atoms. The highest BCUT2D eigenvalue weighted by atomic mass is 79.9. The van der Waals surface area contributed by atoms with Gasteiger partial charge >= 0.3 is 0 Å². The molecule has 90 valence electrons. The van der Waals surface area contributed by atoms with Crippen LogP contribution < -0.4 is 5.32 Å². The average Bonchev–Trinajstić information content (AvgIpc) is 2.25. The highest BCUT2D eigenvalue weighted by Gasteiger charge is 2.20. The second-order valence-electron chi connectivity index (χ2n) is 3.57. The highest BCUT2D eigenvalue weighted by molar-refractivity contribution is 9.10. The van der Waals surface area contributed by atoms with E-state index in [-0.39, 0.29) is 0 Å².